The molecule has 0 spiro atoms. The molecule has 0 aliphatic carbocycles. The number of thiazole rings is 1. The number of benzene rings is 1. The van der Waals surface area contributed by atoms with Crippen LogP contribution in [0.15, 0.2) is 18.2 Å². The predicted octanol–water partition coefficient (Wildman–Crippen LogP) is 3.46. The normalized spacial score (nSPS) is 15.4. The summed E-state index contributed by atoms with van der Waals surface area (Å²) < 4.78 is 14.4. The highest BCUT2D eigenvalue weighted by Gasteiger charge is 2.17. The van der Waals surface area contributed by atoms with Gasteiger partial charge in [0.05, 0.1) is 4.70 Å². The summed E-state index contributed by atoms with van der Waals surface area (Å²) in [6, 6.07) is 5.13. The topological polar surface area (TPSA) is 16.1 Å². The van der Waals surface area contributed by atoms with Crippen LogP contribution in [0.25, 0.3) is 10.2 Å². The van der Waals surface area contributed by atoms with Crippen molar-refractivity contribution in [2.24, 2.45) is 0 Å². The van der Waals surface area contributed by atoms with Gasteiger partial charge < -0.3 is 4.90 Å². The van der Waals surface area contributed by atoms with E-state index in [1.807, 2.05) is 6.07 Å². The van der Waals surface area contributed by atoms with Gasteiger partial charge in [-0.05, 0) is 25.0 Å². The lowest BCUT2D eigenvalue weighted by Crippen LogP contribution is -2.16. The van der Waals surface area contributed by atoms with E-state index >= 15 is 0 Å². The Morgan fingerprint density at radius 1 is 1.25 bits per heavy atom. The van der Waals surface area contributed by atoms with E-state index in [4.69, 9.17) is 0 Å². The second-order valence-corrected chi connectivity index (χ2v) is 4.79. The Bertz CT molecular complexity index is 494. The number of para-hydroxylation sites is 1. The van der Waals surface area contributed by atoms with Gasteiger partial charge in [-0.15, -0.1) is 12.4 Å². The number of halogens is 2. The third kappa shape index (κ3) is 1.87. The Labute approximate surface area is 104 Å². The Balaban J connectivity index is 0.000000963. The first-order chi connectivity index (χ1) is 7.34. The van der Waals surface area contributed by atoms with Crippen molar-refractivity contribution in [3.05, 3.63) is 24.0 Å². The zero-order chi connectivity index (χ0) is 10.3. The molecule has 1 aromatic carbocycles. The molecule has 1 aromatic heterocycles. The third-order valence-corrected chi connectivity index (χ3v) is 3.82. The summed E-state index contributed by atoms with van der Waals surface area (Å²) in [7, 11) is 0. The van der Waals surface area contributed by atoms with Crippen molar-refractivity contribution < 1.29 is 4.39 Å². The molecule has 2 aromatic rings. The van der Waals surface area contributed by atoms with E-state index in [1.165, 1.54) is 18.9 Å². The first-order valence-corrected chi connectivity index (χ1v) is 5.96. The first kappa shape index (κ1) is 11.6. The molecule has 1 aliphatic heterocycles. The van der Waals surface area contributed by atoms with Crippen LogP contribution in [0.4, 0.5) is 9.52 Å². The molecule has 0 atom stereocenters. The number of rotatable bonds is 1. The monoisotopic (exact) mass is 258 g/mol. The summed E-state index contributed by atoms with van der Waals surface area (Å²) in [5, 5.41) is 0.965. The molecule has 0 bridgehead atoms. The Kier molecular flexibility index (Phi) is 3.30. The van der Waals surface area contributed by atoms with Crippen LogP contribution in [0, 0.1) is 5.82 Å². The van der Waals surface area contributed by atoms with Crippen LogP contribution >= 0.6 is 23.7 Å². The molecular formula is C11H12ClFN2S. The molecule has 2 heterocycles. The van der Waals surface area contributed by atoms with Gasteiger partial charge in [-0.25, -0.2) is 9.37 Å². The summed E-state index contributed by atoms with van der Waals surface area (Å²) in [6.45, 7) is 2.11. The fraction of sp³-hybridized carbons (Fsp3) is 0.364. The van der Waals surface area contributed by atoms with Crippen molar-refractivity contribution >= 4 is 39.1 Å². The predicted molar refractivity (Wildman–Crippen MR) is 68.3 cm³/mol. The lowest BCUT2D eigenvalue weighted by Gasteiger charge is -2.11. The van der Waals surface area contributed by atoms with Gasteiger partial charge in [0.2, 0.25) is 0 Å². The van der Waals surface area contributed by atoms with Gasteiger partial charge in [-0.3, -0.25) is 0 Å². The van der Waals surface area contributed by atoms with E-state index in [1.54, 1.807) is 17.4 Å². The van der Waals surface area contributed by atoms with Crippen LogP contribution in [0.1, 0.15) is 12.8 Å². The van der Waals surface area contributed by atoms with Crippen molar-refractivity contribution in [3.63, 3.8) is 0 Å². The lowest BCUT2D eigenvalue weighted by atomic mass is 10.3. The SMILES string of the molecule is Cl.Fc1cccc2sc(N3CCCC3)nc12. The minimum atomic E-state index is -0.214. The van der Waals surface area contributed by atoms with Gasteiger partial charge in [0.25, 0.3) is 0 Å². The highest BCUT2D eigenvalue weighted by atomic mass is 35.5. The highest BCUT2D eigenvalue weighted by Crippen LogP contribution is 2.31. The van der Waals surface area contributed by atoms with E-state index in [9.17, 15) is 4.39 Å². The maximum Gasteiger partial charge on any atom is 0.186 e. The molecule has 0 radical (unpaired) electrons. The summed E-state index contributed by atoms with van der Waals surface area (Å²) >= 11 is 1.58. The number of nitrogens with zero attached hydrogens (tertiary/aromatic N) is 2. The second-order valence-electron chi connectivity index (χ2n) is 3.78. The van der Waals surface area contributed by atoms with Crippen LogP contribution in [-0.4, -0.2) is 18.1 Å². The van der Waals surface area contributed by atoms with Crippen molar-refractivity contribution in [2.75, 3.05) is 18.0 Å². The van der Waals surface area contributed by atoms with E-state index in [-0.39, 0.29) is 18.2 Å². The average molecular weight is 259 g/mol. The van der Waals surface area contributed by atoms with E-state index < -0.39 is 0 Å². The number of hydrogen-bond acceptors (Lipinski definition) is 3. The van der Waals surface area contributed by atoms with Crippen molar-refractivity contribution in [1.82, 2.24) is 4.98 Å². The molecule has 0 N–H and O–H groups in total. The number of fused-ring (bicyclic) bond motifs is 1. The van der Waals surface area contributed by atoms with Crippen LogP contribution in [-0.2, 0) is 0 Å². The van der Waals surface area contributed by atoms with Gasteiger partial charge >= 0.3 is 0 Å². The molecule has 1 aliphatic rings. The molecule has 0 amide bonds. The summed E-state index contributed by atoms with van der Waals surface area (Å²) in [4.78, 5) is 6.60. The zero-order valence-electron chi connectivity index (χ0n) is 8.65. The van der Waals surface area contributed by atoms with Gasteiger partial charge in [0.15, 0.2) is 5.13 Å². The molecule has 0 unspecified atom stereocenters. The fourth-order valence-electron chi connectivity index (χ4n) is 1.95. The molecule has 3 rings (SSSR count). The Hall–Kier alpha value is -0.870. The lowest BCUT2D eigenvalue weighted by molar-refractivity contribution is 0.637. The second kappa shape index (κ2) is 4.55. The number of hydrogen-bond donors (Lipinski definition) is 0. The summed E-state index contributed by atoms with van der Waals surface area (Å²) in [5.41, 5.74) is 0.518. The van der Waals surface area contributed by atoms with Gasteiger partial charge in [-0.2, -0.15) is 0 Å². The summed E-state index contributed by atoms with van der Waals surface area (Å²) in [6.07, 6.45) is 2.44. The molecule has 86 valence electrons. The first-order valence-electron chi connectivity index (χ1n) is 5.14. The van der Waals surface area contributed by atoms with E-state index in [2.05, 4.69) is 9.88 Å². The minimum absolute atomic E-state index is 0. The average Bonchev–Trinajstić information content (AvgIpc) is 2.86. The minimum Gasteiger partial charge on any atom is -0.348 e. The van der Waals surface area contributed by atoms with Crippen molar-refractivity contribution in [3.8, 4) is 0 Å². The number of anilines is 1. The molecule has 1 fully saturated rings. The molecule has 0 saturated carbocycles. The van der Waals surface area contributed by atoms with Gasteiger partial charge in [0, 0.05) is 13.1 Å². The van der Waals surface area contributed by atoms with Crippen LogP contribution < -0.4 is 4.90 Å². The van der Waals surface area contributed by atoms with Crippen LogP contribution in [0.5, 0.6) is 0 Å². The summed E-state index contributed by atoms with van der Waals surface area (Å²) in [5.74, 6) is -0.214. The maximum atomic E-state index is 13.4. The molecule has 16 heavy (non-hydrogen) atoms. The quantitative estimate of drug-likeness (QED) is 0.779. The molecule has 1 saturated heterocycles. The maximum absolute atomic E-state index is 13.4. The van der Waals surface area contributed by atoms with E-state index in [0.29, 0.717) is 5.52 Å². The fourth-order valence-corrected chi connectivity index (χ4v) is 2.98. The van der Waals surface area contributed by atoms with Crippen molar-refractivity contribution in [1.29, 1.82) is 0 Å². The number of aromatic nitrogens is 1. The van der Waals surface area contributed by atoms with Crippen LogP contribution in [0.3, 0.4) is 0 Å². The molecular weight excluding hydrogens is 247 g/mol. The Morgan fingerprint density at radius 3 is 2.69 bits per heavy atom. The zero-order valence-corrected chi connectivity index (χ0v) is 10.3. The van der Waals surface area contributed by atoms with Gasteiger partial charge in [-0.1, -0.05) is 17.4 Å². The van der Waals surface area contributed by atoms with E-state index in [0.717, 1.165) is 22.9 Å². The van der Waals surface area contributed by atoms with Gasteiger partial charge in [0.1, 0.15) is 11.3 Å². The van der Waals surface area contributed by atoms with Crippen LogP contribution in [0.2, 0.25) is 0 Å². The molecule has 5 heteroatoms. The third-order valence-electron chi connectivity index (χ3n) is 2.74. The smallest absolute Gasteiger partial charge is 0.186 e. The Morgan fingerprint density at radius 2 is 2.00 bits per heavy atom. The standard InChI is InChI=1S/C11H11FN2S.ClH/c12-8-4-3-5-9-10(8)13-11(15-9)14-6-1-2-7-14;/h3-5H,1-2,6-7H2;1H. The highest BCUT2D eigenvalue weighted by molar-refractivity contribution is 7.22. The largest absolute Gasteiger partial charge is 0.348 e. The van der Waals surface area contributed by atoms with Crippen molar-refractivity contribution in [2.45, 2.75) is 12.8 Å². The molecule has 2 nitrogen and oxygen atoms in total.